The van der Waals surface area contributed by atoms with Gasteiger partial charge in [0.25, 0.3) is 0 Å². The van der Waals surface area contributed by atoms with Gasteiger partial charge in [0.1, 0.15) is 5.50 Å². The molecule has 3 unspecified atom stereocenters. The van der Waals surface area contributed by atoms with E-state index < -0.39 is 5.85 Å². The highest BCUT2D eigenvalue weighted by Gasteiger charge is 2.48. The Morgan fingerprint density at radius 3 is 2.86 bits per heavy atom. The van der Waals surface area contributed by atoms with Crippen LogP contribution in [0.5, 0.6) is 0 Å². The lowest BCUT2D eigenvalue weighted by atomic mass is 10.2. The zero-order chi connectivity index (χ0) is 15.6. The smallest absolute Gasteiger partial charge is 0.308 e. The summed E-state index contributed by atoms with van der Waals surface area (Å²) in [6.45, 7) is 1.70. The monoisotopic (exact) mass is 334 g/mol. The first kappa shape index (κ1) is 16.6. The average Bonchev–Trinajstić information content (AvgIpc) is 2.90. The molecule has 2 aliphatic heterocycles. The molecule has 2 N–H and O–H groups in total. The summed E-state index contributed by atoms with van der Waals surface area (Å²) in [5.74, 6) is -1.59. The second kappa shape index (κ2) is 6.53. The molecular weight excluding hydrogens is 316 g/mol. The number of nitrogens with one attached hydrogen (secondary N) is 2. The van der Waals surface area contributed by atoms with Crippen LogP contribution in [0.4, 0.5) is 0 Å². The van der Waals surface area contributed by atoms with Crippen molar-refractivity contribution in [1.29, 1.82) is 0 Å². The van der Waals surface area contributed by atoms with E-state index in [4.69, 9.17) is 16.5 Å². The van der Waals surface area contributed by atoms with E-state index in [1.807, 2.05) is 13.3 Å². The largest absolute Gasteiger partial charge is 0.428 e. The molecule has 3 atom stereocenters. The fourth-order valence-corrected chi connectivity index (χ4v) is 3.50. The quantitative estimate of drug-likeness (QED) is 0.563. The standard InChI is InChI=1S/C12H19ClN4O3S/c1-12(15-16(2)11(21-3)17(12)13)20-10(19)7-5-8-4-6-9(18)14-8/h4,6,8,11,15H,5,7H2,1-3H3,(H,14,18). The molecule has 0 radical (unpaired) electrons. The van der Waals surface area contributed by atoms with Crippen molar-refractivity contribution in [1.82, 2.24) is 20.2 Å². The first-order valence-electron chi connectivity index (χ1n) is 6.55. The van der Waals surface area contributed by atoms with Crippen LogP contribution in [0.3, 0.4) is 0 Å². The van der Waals surface area contributed by atoms with Crippen molar-refractivity contribution in [2.45, 2.75) is 37.2 Å². The van der Waals surface area contributed by atoms with E-state index in [-0.39, 0.29) is 29.8 Å². The number of hydrazine groups is 1. The van der Waals surface area contributed by atoms with E-state index in [0.717, 1.165) is 0 Å². The van der Waals surface area contributed by atoms with E-state index in [9.17, 15) is 9.59 Å². The number of rotatable bonds is 5. The number of nitrogens with zero attached hydrogens (tertiary/aromatic N) is 2. The number of hydrogen-bond acceptors (Lipinski definition) is 7. The summed E-state index contributed by atoms with van der Waals surface area (Å²) >= 11 is 7.76. The van der Waals surface area contributed by atoms with Gasteiger partial charge in [-0.2, -0.15) is 5.43 Å². The molecule has 0 aromatic carbocycles. The van der Waals surface area contributed by atoms with Gasteiger partial charge in [-0.1, -0.05) is 6.08 Å². The van der Waals surface area contributed by atoms with Gasteiger partial charge < -0.3 is 10.1 Å². The molecule has 0 bridgehead atoms. The van der Waals surface area contributed by atoms with Crippen LogP contribution in [0.15, 0.2) is 12.2 Å². The number of halogens is 1. The van der Waals surface area contributed by atoms with Gasteiger partial charge in [0, 0.05) is 32.5 Å². The maximum atomic E-state index is 12.0. The lowest BCUT2D eigenvalue weighted by molar-refractivity contribution is -0.173. The summed E-state index contributed by atoms with van der Waals surface area (Å²) in [7, 11) is 1.83. The van der Waals surface area contributed by atoms with Crippen molar-refractivity contribution in [3.05, 3.63) is 12.2 Å². The van der Waals surface area contributed by atoms with Crippen LogP contribution in [-0.2, 0) is 14.3 Å². The van der Waals surface area contributed by atoms with Crippen LogP contribution >= 0.6 is 23.5 Å². The molecule has 0 aromatic heterocycles. The minimum Gasteiger partial charge on any atom is -0.428 e. The van der Waals surface area contributed by atoms with E-state index >= 15 is 0 Å². The molecule has 21 heavy (non-hydrogen) atoms. The highest BCUT2D eigenvalue weighted by molar-refractivity contribution is 7.99. The lowest BCUT2D eigenvalue weighted by Gasteiger charge is -2.29. The molecular formula is C12H19ClN4O3S. The molecule has 9 heteroatoms. The summed E-state index contributed by atoms with van der Waals surface area (Å²) in [5.41, 5.74) is 2.89. The summed E-state index contributed by atoms with van der Waals surface area (Å²) < 4.78 is 6.89. The van der Waals surface area contributed by atoms with Crippen LogP contribution < -0.4 is 10.7 Å². The van der Waals surface area contributed by atoms with E-state index in [0.29, 0.717) is 6.42 Å². The third-order valence-electron chi connectivity index (χ3n) is 3.31. The predicted molar refractivity (Wildman–Crippen MR) is 80.7 cm³/mol. The second-order valence-corrected chi connectivity index (χ2v) is 6.32. The van der Waals surface area contributed by atoms with Crippen molar-refractivity contribution in [2.75, 3.05) is 13.3 Å². The normalized spacial score (nSPS) is 33.4. The number of carbonyl (C=O) groups is 2. The van der Waals surface area contributed by atoms with Gasteiger partial charge in [0.15, 0.2) is 0 Å². The van der Waals surface area contributed by atoms with E-state index in [1.54, 1.807) is 18.0 Å². The summed E-state index contributed by atoms with van der Waals surface area (Å²) in [4.78, 5) is 23.0. The highest BCUT2D eigenvalue weighted by Crippen LogP contribution is 2.33. The van der Waals surface area contributed by atoms with Gasteiger partial charge >= 0.3 is 5.97 Å². The first-order chi connectivity index (χ1) is 9.85. The molecule has 1 saturated heterocycles. The number of thioether (sulfide) groups is 1. The molecule has 0 aliphatic carbocycles. The molecule has 0 spiro atoms. The summed E-state index contributed by atoms with van der Waals surface area (Å²) in [6.07, 6.45) is 5.83. The number of esters is 1. The van der Waals surface area contributed by atoms with Crippen molar-refractivity contribution >= 4 is 35.4 Å². The van der Waals surface area contributed by atoms with Crippen LogP contribution in [0.1, 0.15) is 19.8 Å². The third-order valence-corrected chi connectivity index (χ3v) is 4.88. The van der Waals surface area contributed by atoms with E-state index in [2.05, 4.69) is 10.7 Å². The van der Waals surface area contributed by atoms with Crippen molar-refractivity contribution in [2.24, 2.45) is 0 Å². The maximum absolute atomic E-state index is 12.0. The number of hydrogen-bond donors (Lipinski definition) is 2. The first-order valence-corrected chi connectivity index (χ1v) is 8.17. The zero-order valence-corrected chi connectivity index (χ0v) is 13.7. The average molecular weight is 335 g/mol. The predicted octanol–water partition coefficient (Wildman–Crippen LogP) is 0.590. The molecule has 1 fully saturated rings. The Balaban J connectivity index is 1.84. The van der Waals surface area contributed by atoms with Gasteiger partial charge in [0.05, 0.1) is 0 Å². The van der Waals surface area contributed by atoms with Crippen LogP contribution in [0.2, 0.25) is 0 Å². The van der Waals surface area contributed by atoms with Gasteiger partial charge in [0.2, 0.25) is 11.8 Å². The Hall–Kier alpha value is -0.800. The van der Waals surface area contributed by atoms with Gasteiger partial charge in [-0.05, 0) is 24.5 Å². The summed E-state index contributed by atoms with van der Waals surface area (Å²) in [5, 5.41) is 4.51. The Labute approximate surface area is 133 Å². The number of amides is 1. The van der Waals surface area contributed by atoms with Crippen molar-refractivity contribution < 1.29 is 14.3 Å². The van der Waals surface area contributed by atoms with Crippen molar-refractivity contribution in [3.8, 4) is 0 Å². The van der Waals surface area contributed by atoms with E-state index in [1.165, 1.54) is 22.3 Å². The summed E-state index contributed by atoms with van der Waals surface area (Å²) in [6, 6.07) is -0.108. The maximum Gasteiger partial charge on any atom is 0.308 e. The van der Waals surface area contributed by atoms with Crippen molar-refractivity contribution in [3.63, 3.8) is 0 Å². The molecule has 7 nitrogen and oxygen atoms in total. The number of ether oxygens (including phenoxy) is 1. The fraction of sp³-hybridized carbons (Fsp3) is 0.667. The topological polar surface area (TPSA) is 73.9 Å². The van der Waals surface area contributed by atoms with Gasteiger partial charge in [-0.25, -0.2) is 5.01 Å². The van der Waals surface area contributed by atoms with Crippen LogP contribution in [0, 0.1) is 0 Å². The minimum absolute atomic E-state index is 0.108. The molecule has 0 aromatic rings. The molecule has 2 aliphatic rings. The number of carbonyl (C=O) groups excluding carboxylic acids is 2. The second-order valence-electron chi connectivity index (χ2n) is 5.07. The minimum atomic E-state index is -1.09. The molecule has 118 valence electrons. The fourth-order valence-electron chi connectivity index (χ4n) is 2.31. The zero-order valence-electron chi connectivity index (χ0n) is 12.1. The molecule has 2 heterocycles. The SMILES string of the molecule is CSC1N(C)NC(C)(OC(=O)CCC2C=CC(=O)N2)N1Cl. The Morgan fingerprint density at radius 2 is 2.33 bits per heavy atom. The Bertz CT molecular complexity index is 464. The molecule has 0 saturated carbocycles. The third kappa shape index (κ3) is 3.70. The Morgan fingerprint density at radius 1 is 1.62 bits per heavy atom. The lowest BCUT2D eigenvalue weighted by Crippen LogP contribution is -2.50. The Kier molecular flexibility index (Phi) is 5.15. The molecule has 1 amide bonds. The highest BCUT2D eigenvalue weighted by atomic mass is 35.5. The van der Waals surface area contributed by atoms with Gasteiger partial charge in [-0.15, -0.1) is 16.2 Å². The molecule has 2 rings (SSSR count). The van der Waals surface area contributed by atoms with Gasteiger partial charge in [-0.3, -0.25) is 9.59 Å². The van der Waals surface area contributed by atoms with Crippen LogP contribution in [0.25, 0.3) is 0 Å². The van der Waals surface area contributed by atoms with Crippen LogP contribution in [-0.4, -0.2) is 52.0 Å².